The average molecular weight is 390 g/mol. The first-order valence-corrected chi connectivity index (χ1v) is 9.64. The summed E-state index contributed by atoms with van der Waals surface area (Å²) in [7, 11) is -3.81. The lowest BCUT2D eigenvalue weighted by Gasteiger charge is -2.34. The summed E-state index contributed by atoms with van der Waals surface area (Å²) in [5.41, 5.74) is 0.303. The van der Waals surface area contributed by atoms with Gasteiger partial charge in [-0.05, 0) is 30.3 Å². The fraction of sp³-hybridized carbons (Fsp3) is 0.250. The van der Waals surface area contributed by atoms with Gasteiger partial charge in [-0.1, -0.05) is 0 Å². The predicted molar refractivity (Wildman–Crippen MR) is 97.3 cm³/mol. The number of benzene rings is 1. The molecule has 1 fully saturated rings. The summed E-state index contributed by atoms with van der Waals surface area (Å²) in [5.74, 6) is -0.856. The van der Waals surface area contributed by atoms with Crippen molar-refractivity contribution >= 4 is 33.5 Å². The molecular weight excluding hydrogens is 372 g/mol. The molecule has 2 heterocycles. The van der Waals surface area contributed by atoms with E-state index in [4.69, 9.17) is 5.14 Å². The number of carbonyl (C=O) groups excluding carboxylic acids is 2. The fourth-order valence-electron chi connectivity index (χ4n) is 2.62. The van der Waals surface area contributed by atoms with Gasteiger partial charge >= 0.3 is 11.8 Å². The van der Waals surface area contributed by atoms with Crippen LogP contribution < -0.4 is 15.4 Å². The van der Waals surface area contributed by atoms with Crippen molar-refractivity contribution in [3.05, 3.63) is 42.7 Å². The lowest BCUT2D eigenvalue weighted by atomic mass is 10.3. The maximum atomic E-state index is 12.3. The maximum absolute atomic E-state index is 12.3. The number of anilines is 2. The number of hydrogen-bond acceptors (Lipinski definition) is 7. The number of amides is 2. The Labute approximate surface area is 156 Å². The lowest BCUT2D eigenvalue weighted by Crippen LogP contribution is -2.52. The summed E-state index contributed by atoms with van der Waals surface area (Å²) < 4.78 is 22.5. The molecule has 0 spiro atoms. The van der Waals surface area contributed by atoms with E-state index < -0.39 is 21.8 Å². The zero-order valence-electron chi connectivity index (χ0n) is 14.3. The highest BCUT2D eigenvalue weighted by Gasteiger charge is 2.27. The van der Waals surface area contributed by atoms with Crippen molar-refractivity contribution in [3.63, 3.8) is 0 Å². The first kappa shape index (κ1) is 18.7. The van der Waals surface area contributed by atoms with Crippen molar-refractivity contribution in [2.24, 2.45) is 5.14 Å². The van der Waals surface area contributed by atoms with Gasteiger partial charge in [0.2, 0.25) is 16.0 Å². The number of aromatic nitrogens is 2. The molecule has 11 heteroatoms. The Bertz CT molecular complexity index is 925. The number of rotatable bonds is 3. The van der Waals surface area contributed by atoms with Crippen LogP contribution in [0.25, 0.3) is 0 Å². The number of primary sulfonamides is 1. The highest BCUT2D eigenvalue weighted by Crippen LogP contribution is 2.14. The van der Waals surface area contributed by atoms with Crippen LogP contribution in [0.4, 0.5) is 11.6 Å². The van der Waals surface area contributed by atoms with E-state index >= 15 is 0 Å². The van der Waals surface area contributed by atoms with E-state index in [0.29, 0.717) is 37.8 Å². The third-order valence-electron chi connectivity index (χ3n) is 4.04. The van der Waals surface area contributed by atoms with Gasteiger partial charge in [-0.3, -0.25) is 9.59 Å². The van der Waals surface area contributed by atoms with Gasteiger partial charge in [-0.2, -0.15) is 0 Å². The molecule has 0 aliphatic carbocycles. The van der Waals surface area contributed by atoms with Crippen LogP contribution in [-0.2, 0) is 19.6 Å². The van der Waals surface area contributed by atoms with Crippen LogP contribution in [0.15, 0.2) is 47.6 Å². The first-order valence-electron chi connectivity index (χ1n) is 8.10. The molecule has 142 valence electrons. The number of sulfonamides is 1. The molecule has 2 amide bonds. The number of nitrogens with zero attached hydrogens (tertiary/aromatic N) is 4. The van der Waals surface area contributed by atoms with Gasteiger partial charge in [-0.15, -0.1) is 0 Å². The lowest BCUT2D eigenvalue weighted by molar-refractivity contribution is -0.143. The summed E-state index contributed by atoms with van der Waals surface area (Å²) >= 11 is 0. The van der Waals surface area contributed by atoms with E-state index in [1.54, 1.807) is 18.5 Å². The van der Waals surface area contributed by atoms with Crippen LogP contribution in [0.1, 0.15) is 0 Å². The van der Waals surface area contributed by atoms with Crippen molar-refractivity contribution in [3.8, 4) is 0 Å². The van der Waals surface area contributed by atoms with Crippen LogP contribution in [-0.4, -0.2) is 61.3 Å². The second kappa shape index (κ2) is 7.68. The number of nitrogens with one attached hydrogen (secondary N) is 1. The van der Waals surface area contributed by atoms with Gasteiger partial charge in [0.1, 0.15) is 0 Å². The van der Waals surface area contributed by atoms with Crippen LogP contribution >= 0.6 is 0 Å². The summed E-state index contributed by atoms with van der Waals surface area (Å²) in [6.45, 7) is 1.78. The molecule has 0 saturated carbocycles. The Balaban J connectivity index is 1.56. The Hall–Kier alpha value is -3.05. The molecule has 10 nitrogen and oxygen atoms in total. The molecule has 1 aliphatic rings. The van der Waals surface area contributed by atoms with E-state index in [1.165, 1.54) is 29.2 Å². The zero-order valence-corrected chi connectivity index (χ0v) is 15.1. The predicted octanol–water partition coefficient (Wildman–Crippen LogP) is -0.589. The smallest absolute Gasteiger partial charge is 0.313 e. The molecule has 0 bridgehead atoms. The van der Waals surface area contributed by atoms with E-state index in [1.807, 2.05) is 4.90 Å². The van der Waals surface area contributed by atoms with E-state index in [-0.39, 0.29) is 4.90 Å². The third-order valence-corrected chi connectivity index (χ3v) is 4.97. The molecule has 0 unspecified atom stereocenters. The monoisotopic (exact) mass is 390 g/mol. The van der Waals surface area contributed by atoms with Gasteiger partial charge < -0.3 is 15.1 Å². The van der Waals surface area contributed by atoms with E-state index in [2.05, 4.69) is 15.3 Å². The first-order chi connectivity index (χ1) is 12.8. The van der Waals surface area contributed by atoms with E-state index in [9.17, 15) is 18.0 Å². The van der Waals surface area contributed by atoms with Gasteiger partial charge in [-0.25, -0.2) is 23.5 Å². The van der Waals surface area contributed by atoms with Crippen molar-refractivity contribution in [2.45, 2.75) is 4.90 Å². The van der Waals surface area contributed by atoms with Gasteiger partial charge in [0.25, 0.3) is 0 Å². The highest BCUT2D eigenvalue weighted by atomic mass is 32.2. The van der Waals surface area contributed by atoms with Crippen LogP contribution in [0.5, 0.6) is 0 Å². The molecule has 27 heavy (non-hydrogen) atoms. The van der Waals surface area contributed by atoms with Crippen molar-refractivity contribution in [1.82, 2.24) is 14.9 Å². The largest absolute Gasteiger partial charge is 0.337 e. The second-order valence-corrected chi connectivity index (χ2v) is 7.41. The Morgan fingerprint density at radius 3 is 2.15 bits per heavy atom. The molecule has 1 saturated heterocycles. The molecule has 2 aromatic rings. The molecule has 0 radical (unpaired) electrons. The van der Waals surface area contributed by atoms with Crippen LogP contribution in [0.2, 0.25) is 0 Å². The maximum Gasteiger partial charge on any atom is 0.313 e. The Morgan fingerprint density at radius 1 is 1.00 bits per heavy atom. The quantitative estimate of drug-likeness (QED) is 0.668. The summed E-state index contributed by atoms with van der Waals surface area (Å²) in [4.78, 5) is 36.1. The van der Waals surface area contributed by atoms with Gasteiger partial charge in [0, 0.05) is 44.3 Å². The molecule has 3 rings (SSSR count). The van der Waals surface area contributed by atoms with Gasteiger partial charge in [0.05, 0.1) is 4.90 Å². The average Bonchev–Trinajstić information content (AvgIpc) is 2.68. The Morgan fingerprint density at radius 2 is 1.59 bits per heavy atom. The molecule has 1 aromatic heterocycles. The normalized spacial score (nSPS) is 14.7. The highest BCUT2D eigenvalue weighted by molar-refractivity contribution is 7.89. The van der Waals surface area contributed by atoms with Crippen LogP contribution in [0, 0.1) is 0 Å². The SMILES string of the molecule is NS(=O)(=O)c1ccc(NC(=O)C(=O)N2CCN(c3ncccn3)CC2)cc1. The topological polar surface area (TPSA) is 139 Å². The molecule has 1 aliphatic heterocycles. The minimum absolute atomic E-state index is 0.0777. The molecule has 3 N–H and O–H groups in total. The van der Waals surface area contributed by atoms with Crippen molar-refractivity contribution < 1.29 is 18.0 Å². The molecule has 0 atom stereocenters. The summed E-state index contributed by atoms with van der Waals surface area (Å²) in [6.07, 6.45) is 3.29. The summed E-state index contributed by atoms with van der Waals surface area (Å²) in [5, 5.41) is 7.47. The van der Waals surface area contributed by atoms with Gasteiger partial charge in [0.15, 0.2) is 0 Å². The minimum Gasteiger partial charge on any atom is -0.337 e. The van der Waals surface area contributed by atoms with Crippen LogP contribution in [0.3, 0.4) is 0 Å². The number of piperazine rings is 1. The van der Waals surface area contributed by atoms with Crippen molar-refractivity contribution in [1.29, 1.82) is 0 Å². The standard InChI is InChI=1S/C16H18N6O4S/c17-27(25,26)13-4-2-12(3-5-13)20-14(23)15(24)21-8-10-22(11-9-21)16-18-6-1-7-19-16/h1-7H,8-11H2,(H,20,23)(H2,17,25,26). The Kier molecular flexibility index (Phi) is 5.33. The van der Waals surface area contributed by atoms with Crippen molar-refractivity contribution in [2.75, 3.05) is 36.4 Å². The molecular formula is C16H18N6O4S. The number of nitrogens with two attached hydrogens (primary N) is 1. The zero-order chi connectivity index (χ0) is 19.4. The second-order valence-electron chi connectivity index (χ2n) is 5.85. The minimum atomic E-state index is -3.81. The summed E-state index contributed by atoms with van der Waals surface area (Å²) in [6, 6.07) is 6.98. The van der Waals surface area contributed by atoms with E-state index in [0.717, 1.165) is 0 Å². The third kappa shape index (κ3) is 4.57. The molecule has 1 aromatic carbocycles. The number of carbonyl (C=O) groups is 2. The fourth-order valence-corrected chi connectivity index (χ4v) is 3.14. The number of hydrogen-bond donors (Lipinski definition) is 2.